The highest BCUT2D eigenvalue weighted by molar-refractivity contribution is 5.85. The summed E-state index contributed by atoms with van der Waals surface area (Å²) in [5.74, 6) is -3.15. The molecule has 1 saturated heterocycles. The first-order valence-corrected chi connectivity index (χ1v) is 6.12. The highest BCUT2D eigenvalue weighted by Crippen LogP contribution is 2.25. The van der Waals surface area contributed by atoms with Crippen LogP contribution in [0.15, 0.2) is 0 Å². The molecule has 1 heterocycles. The molecule has 0 spiro atoms. The van der Waals surface area contributed by atoms with Gasteiger partial charge < -0.3 is 10.1 Å². The van der Waals surface area contributed by atoms with E-state index < -0.39 is 24.9 Å². The summed E-state index contributed by atoms with van der Waals surface area (Å²) >= 11 is 0. The molecule has 4 nitrogen and oxygen atoms in total. The number of carbonyl (C=O) groups excluding carboxylic acids is 1. The Labute approximate surface area is 119 Å². The van der Waals surface area contributed by atoms with Crippen molar-refractivity contribution in [2.45, 2.75) is 57.2 Å². The summed E-state index contributed by atoms with van der Waals surface area (Å²) < 4.78 is 31.2. The van der Waals surface area contributed by atoms with Crippen molar-refractivity contribution in [3.63, 3.8) is 0 Å². The molecule has 2 N–H and O–H groups in total. The molecule has 0 aromatic carbocycles. The van der Waals surface area contributed by atoms with E-state index >= 15 is 0 Å². The number of nitrogens with one attached hydrogen (secondary N) is 2. The molecule has 0 aliphatic carbocycles. The monoisotopic (exact) mass is 300 g/mol. The van der Waals surface area contributed by atoms with Crippen molar-refractivity contribution in [2.24, 2.45) is 0 Å². The molecule has 2 unspecified atom stereocenters. The molecule has 0 aromatic rings. The normalized spacial score (nSPS) is 23.6. The van der Waals surface area contributed by atoms with Crippen molar-refractivity contribution >= 4 is 18.3 Å². The van der Waals surface area contributed by atoms with Crippen LogP contribution in [0.4, 0.5) is 8.78 Å². The topological polar surface area (TPSA) is 50.4 Å². The lowest BCUT2D eigenvalue weighted by atomic mass is 9.99. The highest BCUT2D eigenvalue weighted by Gasteiger charge is 2.42. The Morgan fingerprint density at radius 2 is 2.16 bits per heavy atom. The summed E-state index contributed by atoms with van der Waals surface area (Å²) in [6.07, 6.45) is 0.192. The first kappa shape index (κ1) is 18.5. The Balaban J connectivity index is 0.00000324. The number of methoxy groups -OCH3 is 1. The van der Waals surface area contributed by atoms with Crippen LogP contribution in [-0.2, 0) is 9.53 Å². The van der Waals surface area contributed by atoms with E-state index in [1.807, 2.05) is 20.8 Å². The molecule has 1 aliphatic rings. The zero-order valence-electron chi connectivity index (χ0n) is 11.8. The quantitative estimate of drug-likeness (QED) is 0.813. The summed E-state index contributed by atoms with van der Waals surface area (Å²) in [7, 11) is 1.60. The van der Waals surface area contributed by atoms with Crippen LogP contribution in [0.2, 0.25) is 0 Å². The van der Waals surface area contributed by atoms with Gasteiger partial charge in [-0.05, 0) is 27.2 Å². The fourth-order valence-electron chi connectivity index (χ4n) is 2.12. The SMILES string of the molecule is COC(C)(C)CC(C)NC(=O)C1CC(F)(F)CN1.Cl. The first-order valence-electron chi connectivity index (χ1n) is 6.12. The van der Waals surface area contributed by atoms with E-state index in [9.17, 15) is 13.6 Å². The number of carbonyl (C=O) groups is 1. The molecule has 7 heteroatoms. The summed E-state index contributed by atoms with van der Waals surface area (Å²) in [6.45, 7) is 5.24. The standard InChI is InChI=1S/C12H22F2N2O2.ClH/c1-8(5-11(2,3)18-4)16-10(17)9-6-12(13,14)7-15-9;/h8-9,15H,5-7H2,1-4H3,(H,16,17);1H. The molecule has 1 fully saturated rings. The van der Waals surface area contributed by atoms with Gasteiger partial charge in [-0.15, -0.1) is 12.4 Å². The van der Waals surface area contributed by atoms with Crippen LogP contribution in [-0.4, -0.2) is 43.2 Å². The van der Waals surface area contributed by atoms with Gasteiger partial charge in [0.2, 0.25) is 5.91 Å². The number of rotatable bonds is 5. The average Bonchev–Trinajstić information content (AvgIpc) is 2.58. The van der Waals surface area contributed by atoms with Crippen LogP contribution in [0.25, 0.3) is 0 Å². The fraction of sp³-hybridized carbons (Fsp3) is 0.917. The van der Waals surface area contributed by atoms with E-state index in [0.717, 1.165) is 0 Å². The largest absolute Gasteiger partial charge is 0.379 e. The van der Waals surface area contributed by atoms with Gasteiger partial charge in [0, 0.05) is 19.6 Å². The summed E-state index contributed by atoms with van der Waals surface area (Å²) in [5, 5.41) is 5.27. The highest BCUT2D eigenvalue weighted by atomic mass is 35.5. The van der Waals surface area contributed by atoms with Gasteiger partial charge in [0.1, 0.15) is 0 Å². The van der Waals surface area contributed by atoms with Crippen molar-refractivity contribution in [1.29, 1.82) is 0 Å². The van der Waals surface area contributed by atoms with Gasteiger partial charge in [-0.3, -0.25) is 10.1 Å². The fourth-order valence-corrected chi connectivity index (χ4v) is 2.12. The molecular weight excluding hydrogens is 278 g/mol. The van der Waals surface area contributed by atoms with Crippen LogP contribution in [0.1, 0.15) is 33.6 Å². The smallest absolute Gasteiger partial charge is 0.262 e. The van der Waals surface area contributed by atoms with Gasteiger partial charge in [0.25, 0.3) is 5.92 Å². The number of ether oxygens (including phenoxy) is 1. The van der Waals surface area contributed by atoms with E-state index in [2.05, 4.69) is 10.6 Å². The van der Waals surface area contributed by atoms with Crippen molar-refractivity contribution in [3.05, 3.63) is 0 Å². The molecule has 2 atom stereocenters. The Hall–Kier alpha value is -0.460. The van der Waals surface area contributed by atoms with Crippen molar-refractivity contribution in [2.75, 3.05) is 13.7 Å². The Kier molecular flexibility index (Phi) is 6.65. The first-order chi connectivity index (χ1) is 8.15. The second kappa shape index (κ2) is 6.81. The van der Waals surface area contributed by atoms with E-state index in [4.69, 9.17) is 4.74 Å². The molecule has 114 valence electrons. The van der Waals surface area contributed by atoms with Crippen LogP contribution < -0.4 is 10.6 Å². The van der Waals surface area contributed by atoms with Crippen molar-refractivity contribution in [3.8, 4) is 0 Å². The number of hydrogen-bond donors (Lipinski definition) is 2. The van der Waals surface area contributed by atoms with E-state index in [1.165, 1.54) is 0 Å². The minimum atomic E-state index is -2.78. The lowest BCUT2D eigenvalue weighted by molar-refractivity contribution is -0.124. The van der Waals surface area contributed by atoms with Gasteiger partial charge in [-0.25, -0.2) is 8.78 Å². The predicted octanol–water partition coefficient (Wildman–Crippen LogP) is 1.73. The van der Waals surface area contributed by atoms with Crippen molar-refractivity contribution < 1.29 is 18.3 Å². The summed E-state index contributed by atoms with van der Waals surface area (Å²) in [4.78, 5) is 11.8. The third-order valence-electron chi connectivity index (χ3n) is 3.17. The molecule has 0 bridgehead atoms. The van der Waals surface area contributed by atoms with E-state index in [-0.39, 0.29) is 30.0 Å². The molecule has 0 radical (unpaired) electrons. The number of hydrogen-bond acceptors (Lipinski definition) is 3. The molecular formula is C12H23ClF2N2O2. The Morgan fingerprint density at radius 3 is 2.58 bits per heavy atom. The van der Waals surface area contributed by atoms with E-state index in [0.29, 0.717) is 6.42 Å². The van der Waals surface area contributed by atoms with Crippen LogP contribution in [0.5, 0.6) is 0 Å². The van der Waals surface area contributed by atoms with E-state index in [1.54, 1.807) is 7.11 Å². The maximum atomic E-state index is 13.0. The molecule has 0 aromatic heterocycles. The molecule has 0 saturated carbocycles. The van der Waals surface area contributed by atoms with Crippen LogP contribution in [0.3, 0.4) is 0 Å². The Bertz CT molecular complexity index is 314. The summed E-state index contributed by atoms with van der Waals surface area (Å²) in [6, 6.07) is -0.920. The molecule has 19 heavy (non-hydrogen) atoms. The van der Waals surface area contributed by atoms with Crippen LogP contribution >= 0.6 is 12.4 Å². The summed E-state index contributed by atoms with van der Waals surface area (Å²) in [5.41, 5.74) is -0.347. The maximum Gasteiger partial charge on any atom is 0.262 e. The molecule has 1 rings (SSSR count). The minimum absolute atomic E-state index is 0. The predicted molar refractivity (Wildman–Crippen MR) is 71.9 cm³/mol. The molecule has 1 aliphatic heterocycles. The minimum Gasteiger partial charge on any atom is -0.379 e. The van der Waals surface area contributed by atoms with Crippen LogP contribution in [0, 0.1) is 0 Å². The van der Waals surface area contributed by atoms with Gasteiger partial charge in [0.05, 0.1) is 18.2 Å². The third-order valence-corrected chi connectivity index (χ3v) is 3.17. The van der Waals surface area contributed by atoms with Gasteiger partial charge in [-0.1, -0.05) is 0 Å². The number of amides is 1. The number of halogens is 3. The zero-order valence-corrected chi connectivity index (χ0v) is 12.6. The van der Waals surface area contributed by atoms with Gasteiger partial charge >= 0.3 is 0 Å². The lowest BCUT2D eigenvalue weighted by Gasteiger charge is -2.27. The maximum absolute atomic E-state index is 13.0. The second-order valence-corrected chi connectivity index (χ2v) is 5.57. The average molecular weight is 301 g/mol. The number of alkyl halides is 2. The third kappa shape index (κ3) is 6.01. The zero-order chi connectivity index (χ0) is 14.0. The van der Waals surface area contributed by atoms with Gasteiger partial charge in [0.15, 0.2) is 0 Å². The second-order valence-electron chi connectivity index (χ2n) is 5.57. The van der Waals surface area contributed by atoms with Gasteiger partial charge in [-0.2, -0.15) is 0 Å². The Morgan fingerprint density at radius 1 is 1.58 bits per heavy atom. The molecule has 1 amide bonds. The lowest BCUT2D eigenvalue weighted by Crippen LogP contribution is -2.46. The van der Waals surface area contributed by atoms with Crippen molar-refractivity contribution in [1.82, 2.24) is 10.6 Å².